The molecule has 5 rings (SSSR count). The summed E-state index contributed by atoms with van der Waals surface area (Å²) >= 11 is 0. The highest BCUT2D eigenvalue weighted by molar-refractivity contribution is 7.79. The molecule has 0 spiro atoms. The third-order valence-electron chi connectivity index (χ3n) is 8.59. The first-order chi connectivity index (χ1) is 12.3. The van der Waals surface area contributed by atoms with Gasteiger partial charge in [0.15, 0.2) is 0 Å². The molecule has 0 N–H and O–H groups in total. The first-order valence-corrected chi connectivity index (χ1v) is 15.0. The summed E-state index contributed by atoms with van der Waals surface area (Å²) in [5.74, 6) is 3.21. The summed E-state index contributed by atoms with van der Waals surface area (Å²) in [4.78, 5) is 0. The van der Waals surface area contributed by atoms with Gasteiger partial charge in [-0.05, 0) is 67.3 Å². The predicted octanol–water partition coefficient (Wildman–Crippen LogP) is 7.79. The number of rotatable bonds is 2. The van der Waals surface area contributed by atoms with E-state index in [0.717, 1.165) is 17.8 Å². The average Bonchev–Trinajstić information content (AvgIpc) is 2.45. The topological polar surface area (TPSA) is 0 Å². The van der Waals surface area contributed by atoms with Crippen LogP contribution in [0.15, 0.2) is 24.3 Å². The highest BCUT2D eigenvalue weighted by Gasteiger charge is 2.71. The van der Waals surface area contributed by atoms with Crippen LogP contribution in [-0.2, 0) is 0 Å². The molecule has 0 nitrogen and oxygen atoms in total. The van der Waals surface area contributed by atoms with Gasteiger partial charge in [0.25, 0.3) is 0 Å². The Balaban J connectivity index is 1.85. The van der Waals surface area contributed by atoms with Gasteiger partial charge in [-0.1, -0.05) is 67.7 Å². The SMILES string of the molecule is CC(C)(C)P(C(C)(C)C)C1(C)C=CC=CC1(C)[P+]12CC3CC(CC(C3)C1)C2. The number of hydrogen-bond donors (Lipinski definition) is 0. The lowest BCUT2D eigenvalue weighted by Gasteiger charge is -2.65. The number of hydrogen-bond acceptors (Lipinski definition) is 0. The van der Waals surface area contributed by atoms with Crippen molar-refractivity contribution in [2.24, 2.45) is 17.8 Å². The Bertz CT molecular complexity index is 610. The van der Waals surface area contributed by atoms with Crippen molar-refractivity contribution in [3.8, 4) is 0 Å². The number of allylic oxidation sites excluding steroid dienone is 4. The minimum atomic E-state index is -0.970. The summed E-state index contributed by atoms with van der Waals surface area (Å²) in [6.07, 6.45) is 19.8. The van der Waals surface area contributed by atoms with Crippen LogP contribution < -0.4 is 0 Å². The summed E-state index contributed by atoms with van der Waals surface area (Å²) in [5.41, 5.74) is 0. The lowest BCUT2D eigenvalue weighted by Crippen LogP contribution is -2.59. The fourth-order valence-corrected chi connectivity index (χ4v) is 22.0. The Hall–Kier alpha value is 0.340. The molecule has 5 aliphatic rings. The lowest BCUT2D eigenvalue weighted by atomic mass is 9.76. The van der Waals surface area contributed by atoms with E-state index in [4.69, 9.17) is 0 Å². The van der Waals surface area contributed by atoms with E-state index >= 15 is 0 Å². The van der Waals surface area contributed by atoms with E-state index in [1.165, 1.54) is 0 Å². The summed E-state index contributed by atoms with van der Waals surface area (Å²) in [6, 6.07) is 0. The summed E-state index contributed by atoms with van der Waals surface area (Å²) in [6.45, 7) is 20.6. The zero-order chi connectivity index (χ0) is 19.9. The molecule has 2 heteroatoms. The van der Waals surface area contributed by atoms with Crippen molar-refractivity contribution in [3.63, 3.8) is 0 Å². The van der Waals surface area contributed by atoms with Crippen molar-refractivity contribution >= 4 is 15.2 Å². The zero-order valence-electron chi connectivity index (χ0n) is 19.2. The molecule has 0 aromatic rings. The first kappa shape index (κ1) is 20.6. The Morgan fingerprint density at radius 2 is 1.15 bits per heavy atom. The molecule has 2 atom stereocenters. The third kappa shape index (κ3) is 2.98. The largest absolute Gasteiger partial charge is 0.108 e. The molecule has 2 aliphatic carbocycles. The van der Waals surface area contributed by atoms with E-state index in [2.05, 4.69) is 79.7 Å². The van der Waals surface area contributed by atoms with Gasteiger partial charge in [-0.2, -0.15) is 0 Å². The molecule has 3 aliphatic heterocycles. The van der Waals surface area contributed by atoms with E-state index < -0.39 is 7.26 Å². The Morgan fingerprint density at radius 1 is 0.741 bits per heavy atom. The van der Waals surface area contributed by atoms with Gasteiger partial charge in [-0.3, -0.25) is 0 Å². The molecule has 3 saturated heterocycles. The van der Waals surface area contributed by atoms with Crippen molar-refractivity contribution < 1.29 is 0 Å². The van der Waals surface area contributed by atoms with Crippen LogP contribution in [-0.4, -0.2) is 39.1 Å². The highest BCUT2D eigenvalue weighted by atomic mass is 31.2. The van der Waals surface area contributed by atoms with Crippen LogP contribution in [0, 0.1) is 17.8 Å². The molecule has 152 valence electrons. The van der Waals surface area contributed by atoms with Gasteiger partial charge < -0.3 is 0 Å². The van der Waals surface area contributed by atoms with Gasteiger partial charge in [0.1, 0.15) is 5.16 Å². The Kier molecular flexibility index (Phi) is 4.71. The van der Waals surface area contributed by atoms with E-state index in [1.807, 2.05) is 0 Å². The van der Waals surface area contributed by atoms with Crippen molar-refractivity contribution in [2.75, 3.05) is 18.5 Å². The van der Waals surface area contributed by atoms with Gasteiger partial charge in [-0.25, -0.2) is 0 Å². The first-order valence-electron chi connectivity index (χ1n) is 11.3. The molecule has 0 aromatic carbocycles. The molecule has 4 fully saturated rings. The maximum absolute atomic E-state index is 2.74. The summed E-state index contributed by atoms with van der Waals surface area (Å²) in [7, 11) is -1.16. The second kappa shape index (κ2) is 6.17. The second-order valence-corrected chi connectivity index (χ2v) is 21.3. The summed E-state index contributed by atoms with van der Waals surface area (Å²) in [5, 5.41) is 1.45. The standard InChI is InChI=1S/C25H43P2/c1-22(2,3)26(23(4,5)6)24(7)11-9-10-12-25(24,8)27-16-19-13-20(17-27)15-21(14-19)18-27/h9-12,19-21H,13-18H2,1-8H3/q+1. The average molecular weight is 406 g/mol. The molecule has 3 heterocycles. The van der Waals surface area contributed by atoms with Crippen LogP contribution >= 0.6 is 15.2 Å². The van der Waals surface area contributed by atoms with Crippen molar-refractivity contribution in [1.29, 1.82) is 0 Å². The molecule has 0 radical (unpaired) electrons. The maximum atomic E-state index is 2.74. The fraction of sp³-hybridized carbons (Fsp3) is 0.840. The maximum Gasteiger partial charge on any atom is 0.108 e. The van der Waals surface area contributed by atoms with Crippen LogP contribution in [0.5, 0.6) is 0 Å². The Morgan fingerprint density at radius 3 is 1.56 bits per heavy atom. The predicted molar refractivity (Wildman–Crippen MR) is 127 cm³/mol. The van der Waals surface area contributed by atoms with E-state index in [1.54, 1.807) is 37.7 Å². The van der Waals surface area contributed by atoms with E-state index in [-0.39, 0.29) is 7.92 Å². The second-order valence-electron chi connectivity index (χ2n) is 12.7. The summed E-state index contributed by atoms with van der Waals surface area (Å²) < 4.78 is 0. The minimum absolute atomic E-state index is 0.193. The van der Waals surface area contributed by atoms with Gasteiger partial charge >= 0.3 is 0 Å². The van der Waals surface area contributed by atoms with Gasteiger partial charge in [0, 0.05) is 12.4 Å². The van der Waals surface area contributed by atoms with Gasteiger partial charge in [0.05, 0.1) is 18.5 Å². The van der Waals surface area contributed by atoms with E-state index in [0.29, 0.717) is 20.6 Å². The van der Waals surface area contributed by atoms with Crippen LogP contribution in [0.4, 0.5) is 0 Å². The van der Waals surface area contributed by atoms with E-state index in [9.17, 15) is 0 Å². The van der Waals surface area contributed by atoms with Gasteiger partial charge in [0.2, 0.25) is 0 Å². The zero-order valence-corrected chi connectivity index (χ0v) is 21.0. The molecule has 0 aromatic heterocycles. The smallest absolute Gasteiger partial charge is 0.0808 e. The molecular formula is C25H43P2+. The molecule has 1 saturated carbocycles. The van der Waals surface area contributed by atoms with Crippen LogP contribution in [0.2, 0.25) is 0 Å². The molecular weight excluding hydrogens is 362 g/mol. The van der Waals surface area contributed by atoms with Gasteiger partial charge in [-0.15, -0.1) is 0 Å². The van der Waals surface area contributed by atoms with Crippen molar-refractivity contribution in [3.05, 3.63) is 24.3 Å². The minimum Gasteiger partial charge on any atom is -0.0808 e. The fourth-order valence-electron chi connectivity index (χ4n) is 8.59. The lowest BCUT2D eigenvalue weighted by molar-refractivity contribution is 0.204. The van der Waals surface area contributed by atoms with Crippen LogP contribution in [0.25, 0.3) is 0 Å². The molecule has 2 unspecified atom stereocenters. The molecule has 0 amide bonds. The quantitative estimate of drug-likeness (QED) is 0.411. The third-order valence-corrected chi connectivity index (χ3v) is 19.2. The highest BCUT2D eigenvalue weighted by Crippen LogP contribution is 2.86. The normalized spacial score (nSPS) is 46.5. The van der Waals surface area contributed by atoms with Crippen LogP contribution in [0.1, 0.15) is 74.7 Å². The monoisotopic (exact) mass is 405 g/mol. The van der Waals surface area contributed by atoms with Crippen molar-refractivity contribution in [1.82, 2.24) is 0 Å². The van der Waals surface area contributed by atoms with Crippen LogP contribution in [0.3, 0.4) is 0 Å². The molecule has 4 bridgehead atoms. The van der Waals surface area contributed by atoms with Crippen molar-refractivity contribution in [2.45, 2.75) is 95.3 Å². The molecule has 27 heavy (non-hydrogen) atoms. The Labute approximate surface area is 171 Å².